The van der Waals surface area contributed by atoms with Crippen LogP contribution in [0.5, 0.6) is 11.5 Å². The first-order chi connectivity index (χ1) is 14.2. The molecule has 9 heteroatoms. The van der Waals surface area contributed by atoms with Gasteiger partial charge in [-0.3, -0.25) is 4.79 Å². The van der Waals surface area contributed by atoms with Gasteiger partial charge in [0.2, 0.25) is 15.9 Å². The number of amides is 1. The van der Waals surface area contributed by atoms with Crippen molar-refractivity contribution in [2.75, 3.05) is 5.32 Å². The fourth-order valence-electron chi connectivity index (χ4n) is 2.51. The lowest BCUT2D eigenvalue weighted by Gasteiger charge is -2.17. The van der Waals surface area contributed by atoms with Crippen LogP contribution >= 0.6 is 11.6 Å². The molecule has 0 fully saturated rings. The Balaban J connectivity index is 1.75. The van der Waals surface area contributed by atoms with Crippen molar-refractivity contribution in [3.63, 3.8) is 0 Å². The third-order valence-corrected chi connectivity index (χ3v) is 5.81. The van der Waals surface area contributed by atoms with Crippen molar-refractivity contribution in [3.05, 3.63) is 83.6 Å². The molecule has 1 amide bonds. The lowest BCUT2D eigenvalue weighted by Crippen LogP contribution is -2.41. The summed E-state index contributed by atoms with van der Waals surface area (Å²) in [6.45, 7) is 1.39. The van der Waals surface area contributed by atoms with Crippen molar-refractivity contribution in [3.8, 4) is 11.5 Å². The number of rotatable bonds is 7. The normalized spacial score (nSPS) is 12.2. The Labute approximate surface area is 178 Å². The van der Waals surface area contributed by atoms with Gasteiger partial charge in [-0.05, 0) is 61.5 Å². The number of nitrogens with one attached hydrogen (secondary N) is 2. The van der Waals surface area contributed by atoms with E-state index >= 15 is 0 Å². The van der Waals surface area contributed by atoms with E-state index in [4.69, 9.17) is 16.3 Å². The van der Waals surface area contributed by atoms with Crippen LogP contribution in [0.4, 0.5) is 10.1 Å². The van der Waals surface area contributed by atoms with E-state index in [1.54, 1.807) is 36.4 Å². The third kappa shape index (κ3) is 5.56. The molecular weight excluding hydrogens is 431 g/mol. The molecule has 0 bridgehead atoms. The molecule has 3 rings (SSSR count). The molecule has 0 saturated carbocycles. The zero-order valence-electron chi connectivity index (χ0n) is 15.8. The summed E-state index contributed by atoms with van der Waals surface area (Å²) in [6, 6.07) is 16.8. The Morgan fingerprint density at radius 1 is 1.03 bits per heavy atom. The number of anilines is 1. The summed E-state index contributed by atoms with van der Waals surface area (Å²) in [4.78, 5) is 12.4. The van der Waals surface area contributed by atoms with Crippen molar-refractivity contribution >= 4 is 33.2 Å². The maximum Gasteiger partial charge on any atom is 0.242 e. The summed E-state index contributed by atoms with van der Waals surface area (Å²) in [5.74, 6) is -0.291. The molecule has 1 atom stereocenters. The maximum absolute atomic E-state index is 13.0. The highest BCUT2D eigenvalue weighted by molar-refractivity contribution is 7.89. The molecule has 0 aliphatic carbocycles. The second kappa shape index (κ2) is 9.25. The molecule has 0 aliphatic heterocycles. The molecule has 0 radical (unpaired) electrons. The summed E-state index contributed by atoms with van der Waals surface area (Å²) in [6.07, 6.45) is 0. The van der Waals surface area contributed by atoms with Gasteiger partial charge in [-0.15, -0.1) is 0 Å². The number of para-hydroxylation sites is 1. The predicted molar refractivity (Wildman–Crippen MR) is 113 cm³/mol. The van der Waals surface area contributed by atoms with Crippen LogP contribution in [0.15, 0.2) is 77.7 Å². The number of halogens is 2. The van der Waals surface area contributed by atoms with Gasteiger partial charge in [0.1, 0.15) is 11.6 Å². The largest absolute Gasteiger partial charge is 0.455 e. The highest BCUT2D eigenvalue weighted by Crippen LogP contribution is 2.32. The van der Waals surface area contributed by atoms with Gasteiger partial charge >= 0.3 is 0 Å². The Hall–Kier alpha value is -2.94. The molecule has 3 aromatic rings. The third-order valence-electron chi connectivity index (χ3n) is 4.02. The van der Waals surface area contributed by atoms with Crippen molar-refractivity contribution in [1.82, 2.24) is 4.72 Å². The van der Waals surface area contributed by atoms with E-state index < -0.39 is 27.8 Å². The Bertz CT molecular complexity index is 1140. The molecule has 0 aromatic heterocycles. The maximum atomic E-state index is 13.0. The molecule has 0 aliphatic rings. The van der Waals surface area contributed by atoms with E-state index in [0.717, 1.165) is 24.3 Å². The zero-order chi connectivity index (χ0) is 21.7. The Morgan fingerprint density at radius 2 is 1.70 bits per heavy atom. The number of sulfonamides is 1. The molecule has 0 spiro atoms. The lowest BCUT2D eigenvalue weighted by atomic mass is 10.2. The van der Waals surface area contributed by atoms with E-state index in [1.165, 1.54) is 13.0 Å². The molecular formula is C21H18ClFN2O4S. The van der Waals surface area contributed by atoms with Gasteiger partial charge in [0, 0.05) is 5.02 Å². The molecule has 6 nitrogen and oxygen atoms in total. The highest BCUT2D eigenvalue weighted by atomic mass is 35.5. The minimum absolute atomic E-state index is 0.153. The predicted octanol–water partition coefficient (Wildman–Crippen LogP) is 4.58. The standard InChI is InChI=1S/C21H18ClFN2O4S/c1-14(25-30(27,28)18-10-8-16(23)9-11-18)21(26)24-19-13-15(22)7-12-20(19)29-17-5-3-2-4-6-17/h2-14,25H,1H3,(H,24,26)/t14-/m1/s1. The summed E-state index contributed by atoms with van der Waals surface area (Å²) in [5.41, 5.74) is 0.282. The SMILES string of the molecule is C[C@@H](NS(=O)(=O)c1ccc(F)cc1)C(=O)Nc1cc(Cl)ccc1Oc1ccccc1. The molecule has 0 heterocycles. The summed E-state index contributed by atoms with van der Waals surface area (Å²) < 4.78 is 45.9. The van der Waals surface area contributed by atoms with Crippen molar-refractivity contribution in [2.24, 2.45) is 0 Å². The highest BCUT2D eigenvalue weighted by Gasteiger charge is 2.23. The van der Waals surface area contributed by atoms with Gasteiger partial charge < -0.3 is 10.1 Å². The number of hydrogen-bond donors (Lipinski definition) is 2. The first-order valence-corrected chi connectivity index (χ1v) is 10.7. The number of benzene rings is 3. The fourth-order valence-corrected chi connectivity index (χ4v) is 3.89. The smallest absolute Gasteiger partial charge is 0.242 e. The van der Waals surface area contributed by atoms with Crippen LogP contribution < -0.4 is 14.8 Å². The average molecular weight is 449 g/mol. The van der Waals surface area contributed by atoms with Crippen molar-refractivity contribution < 1.29 is 22.3 Å². The molecule has 2 N–H and O–H groups in total. The monoisotopic (exact) mass is 448 g/mol. The first-order valence-electron chi connectivity index (χ1n) is 8.86. The van der Waals surface area contributed by atoms with Crippen LogP contribution in [-0.4, -0.2) is 20.4 Å². The van der Waals surface area contributed by atoms with Crippen molar-refractivity contribution in [1.29, 1.82) is 0 Å². The number of ether oxygens (including phenoxy) is 1. The van der Waals surface area contributed by atoms with E-state index in [2.05, 4.69) is 10.0 Å². The second-order valence-electron chi connectivity index (χ2n) is 6.34. The molecule has 0 unspecified atom stereocenters. The van der Waals surface area contributed by atoms with Gasteiger partial charge in [-0.1, -0.05) is 29.8 Å². The van der Waals surface area contributed by atoms with Gasteiger partial charge in [0.25, 0.3) is 0 Å². The van der Waals surface area contributed by atoms with E-state index in [1.807, 2.05) is 6.07 Å². The number of carbonyl (C=O) groups is 1. The minimum atomic E-state index is -4.02. The molecule has 3 aromatic carbocycles. The van der Waals surface area contributed by atoms with Gasteiger partial charge in [-0.2, -0.15) is 4.72 Å². The second-order valence-corrected chi connectivity index (χ2v) is 8.49. The first kappa shape index (κ1) is 21.8. The quantitative estimate of drug-likeness (QED) is 0.554. The van der Waals surface area contributed by atoms with Crippen LogP contribution in [0.3, 0.4) is 0 Å². The zero-order valence-corrected chi connectivity index (χ0v) is 17.4. The fraction of sp³-hybridized carbons (Fsp3) is 0.0952. The average Bonchev–Trinajstić information content (AvgIpc) is 2.71. The molecule has 30 heavy (non-hydrogen) atoms. The Morgan fingerprint density at radius 3 is 2.37 bits per heavy atom. The van der Waals surface area contributed by atoms with E-state index in [0.29, 0.717) is 16.5 Å². The topological polar surface area (TPSA) is 84.5 Å². The van der Waals surface area contributed by atoms with Crippen molar-refractivity contribution in [2.45, 2.75) is 17.9 Å². The van der Waals surface area contributed by atoms with E-state index in [-0.39, 0.29) is 10.6 Å². The van der Waals surface area contributed by atoms with Crippen LogP contribution in [0.1, 0.15) is 6.92 Å². The van der Waals surface area contributed by atoms with Crippen LogP contribution in [0.2, 0.25) is 5.02 Å². The Kier molecular flexibility index (Phi) is 6.71. The van der Waals surface area contributed by atoms with E-state index in [9.17, 15) is 17.6 Å². The summed E-state index contributed by atoms with van der Waals surface area (Å²) >= 11 is 6.03. The number of hydrogen-bond acceptors (Lipinski definition) is 4. The van der Waals surface area contributed by atoms with Gasteiger partial charge in [0.15, 0.2) is 5.75 Å². The van der Waals surface area contributed by atoms with Crippen LogP contribution in [-0.2, 0) is 14.8 Å². The van der Waals surface area contributed by atoms with Gasteiger partial charge in [0.05, 0.1) is 16.6 Å². The number of carbonyl (C=O) groups excluding carboxylic acids is 1. The summed E-state index contributed by atoms with van der Waals surface area (Å²) in [5, 5.41) is 2.99. The van der Waals surface area contributed by atoms with Crippen LogP contribution in [0, 0.1) is 5.82 Å². The molecule has 0 saturated heterocycles. The minimum Gasteiger partial charge on any atom is -0.455 e. The summed E-state index contributed by atoms with van der Waals surface area (Å²) in [7, 11) is -4.02. The molecule has 156 valence electrons. The lowest BCUT2D eigenvalue weighted by molar-refractivity contribution is -0.117. The van der Waals surface area contributed by atoms with Crippen LogP contribution in [0.25, 0.3) is 0 Å². The van der Waals surface area contributed by atoms with Gasteiger partial charge in [-0.25, -0.2) is 12.8 Å².